The van der Waals surface area contributed by atoms with Crippen LogP contribution in [0.15, 0.2) is 52.0 Å². The van der Waals surface area contributed by atoms with Crippen LogP contribution in [0.5, 0.6) is 0 Å². The van der Waals surface area contributed by atoms with E-state index in [0.717, 1.165) is 25.9 Å². The zero-order valence-corrected chi connectivity index (χ0v) is 16.2. The Hall–Kier alpha value is -2.16. The third-order valence-electron chi connectivity index (χ3n) is 4.85. The van der Waals surface area contributed by atoms with Crippen LogP contribution in [0.25, 0.3) is 0 Å². The molecule has 1 aromatic heterocycles. The summed E-state index contributed by atoms with van der Waals surface area (Å²) < 4.78 is 32.2. The first-order chi connectivity index (χ1) is 13.0. The molecular weight excluding hydrogens is 366 g/mol. The Labute approximate surface area is 159 Å². The third-order valence-corrected chi connectivity index (χ3v) is 6.26. The Bertz CT molecular complexity index is 848. The van der Waals surface area contributed by atoms with E-state index in [-0.39, 0.29) is 17.3 Å². The molecule has 7 nitrogen and oxygen atoms in total. The van der Waals surface area contributed by atoms with Gasteiger partial charge in [-0.15, -0.1) is 0 Å². The molecule has 8 heteroatoms. The van der Waals surface area contributed by atoms with E-state index in [0.29, 0.717) is 23.9 Å². The maximum absolute atomic E-state index is 12.3. The fourth-order valence-electron chi connectivity index (χ4n) is 3.30. The number of carbonyl (C=O) groups is 1. The molecule has 1 unspecified atom stereocenters. The van der Waals surface area contributed by atoms with Crippen molar-refractivity contribution in [2.45, 2.75) is 37.2 Å². The van der Waals surface area contributed by atoms with Gasteiger partial charge in [-0.25, -0.2) is 13.1 Å². The van der Waals surface area contributed by atoms with Crippen LogP contribution in [0.4, 0.5) is 0 Å². The smallest absolute Gasteiger partial charge is 0.251 e. The normalized spacial score (nSPS) is 17.9. The van der Waals surface area contributed by atoms with Gasteiger partial charge in [0, 0.05) is 18.2 Å². The highest BCUT2D eigenvalue weighted by Crippen LogP contribution is 2.16. The molecule has 0 aliphatic carbocycles. The fraction of sp³-hybridized carbons (Fsp3) is 0.421. The molecule has 1 fully saturated rings. The van der Waals surface area contributed by atoms with Gasteiger partial charge in [0.1, 0.15) is 5.76 Å². The third kappa shape index (κ3) is 4.97. The lowest BCUT2D eigenvalue weighted by molar-refractivity contribution is 0.0941. The summed E-state index contributed by atoms with van der Waals surface area (Å²) in [5.74, 6) is 0.341. The number of likely N-dealkylation sites (N-methyl/N-ethyl adjacent to an activating group) is 1. The Balaban J connectivity index is 1.56. The number of furan rings is 1. The molecule has 1 atom stereocenters. The average molecular weight is 391 g/mol. The number of hydrogen-bond acceptors (Lipinski definition) is 5. The molecule has 1 amide bonds. The first-order valence-corrected chi connectivity index (χ1v) is 10.6. The maximum Gasteiger partial charge on any atom is 0.251 e. The summed E-state index contributed by atoms with van der Waals surface area (Å²) in [6.07, 6.45) is 3.74. The maximum atomic E-state index is 12.3. The van der Waals surface area contributed by atoms with E-state index in [1.54, 1.807) is 12.1 Å². The van der Waals surface area contributed by atoms with Crippen LogP contribution in [0, 0.1) is 0 Å². The molecule has 1 aliphatic rings. The minimum atomic E-state index is -3.66. The van der Waals surface area contributed by atoms with E-state index >= 15 is 0 Å². The lowest BCUT2D eigenvalue weighted by Gasteiger charge is -2.22. The summed E-state index contributed by atoms with van der Waals surface area (Å²) in [5.41, 5.74) is 0.445. The lowest BCUT2D eigenvalue weighted by Crippen LogP contribution is -2.40. The van der Waals surface area contributed by atoms with Gasteiger partial charge >= 0.3 is 0 Å². The van der Waals surface area contributed by atoms with Gasteiger partial charge in [-0.3, -0.25) is 9.69 Å². The molecule has 2 heterocycles. The van der Waals surface area contributed by atoms with Crippen molar-refractivity contribution in [3.05, 3.63) is 54.0 Å². The number of amides is 1. The summed E-state index contributed by atoms with van der Waals surface area (Å²) in [6, 6.07) is 9.71. The van der Waals surface area contributed by atoms with Gasteiger partial charge in [0.2, 0.25) is 10.0 Å². The molecule has 0 bridgehead atoms. The van der Waals surface area contributed by atoms with Crippen LogP contribution in [0.1, 0.15) is 35.9 Å². The van der Waals surface area contributed by atoms with Crippen LogP contribution < -0.4 is 10.0 Å². The molecule has 146 valence electrons. The first-order valence-electron chi connectivity index (χ1n) is 9.14. The average Bonchev–Trinajstić information content (AvgIpc) is 3.36. The summed E-state index contributed by atoms with van der Waals surface area (Å²) in [7, 11) is -3.66. The Morgan fingerprint density at radius 2 is 2.04 bits per heavy atom. The van der Waals surface area contributed by atoms with E-state index in [2.05, 4.69) is 21.9 Å². The summed E-state index contributed by atoms with van der Waals surface area (Å²) in [6.45, 7) is 4.87. The second kappa shape index (κ2) is 8.69. The predicted octanol–water partition coefficient (Wildman–Crippen LogP) is 1.97. The van der Waals surface area contributed by atoms with Crippen LogP contribution in [-0.4, -0.2) is 44.9 Å². The standard InChI is InChI=1S/C19H25N3O4S/c1-2-22-11-3-5-16(22)13-20-19(23)15-7-9-18(10-8-15)27(24,25)21-14-17-6-4-12-26-17/h4,6-10,12,16,21H,2-3,5,11,13-14H2,1H3,(H,20,23). The molecule has 1 saturated heterocycles. The van der Waals surface area contributed by atoms with Gasteiger partial charge in [-0.05, 0) is 62.3 Å². The quantitative estimate of drug-likeness (QED) is 0.718. The topological polar surface area (TPSA) is 91.7 Å². The first kappa shape index (κ1) is 19.6. The number of likely N-dealkylation sites (tertiary alicyclic amines) is 1. The number of nitrogens with zero attached hydrogens (tertiary/aromatic N) is 1. The number of rotatable bonds is 8. The highest BCUT2D eigenvalue weighted by atomic mass is 32.2. The Kier molecular flexibility index (Phi) is 6.30. The van der Waals surface area contributed by atoms with Gasteiger partial charge in [-0.2, -0.15) is 0 Å². The SMILES string of the molecule is CCN1CCCC1CNC(=O)c1ccc(S(=O)(=O)NCc2ccco2)cc1. The minimum Gasteiger partial charge on any atom is -0.468 e. The highest BCUT2D eigenvalue weighted by molar-refractivity contribution is 7.89. The van der Waals surface area contributed by atoms with E-state index in [9.17, 15) is 13.2 Å². The van der Waals surface area contributed by atoms with Gasteiger partial charge in [0.05, 0.1) is 17.7 Å². The van der Waals surface area contributed by atoms with Gasteiger partial charge < -0.3 is 9.73 Å². The molecule has 1 aromatic carbocycles. The van der Waals surface area contributed by atoms with E-state index in [1.165, 1.54) is 30.5 Å². The molecule has 1 aliphatic heterocycles. The van der Waals surface area contributed by atoms with Crippen molar-refractivity contribution >= 4 is 15.9 Å². The monoisotopic (exact) mass is 391 g/mol. The number of benzene rings is 1. The molecular formula is C19H25N3O4S. The van der Waals surface area contributed by atoms with E-state index < -0.39 is 10.0 Å². The largest absolute Gasteiger partial charge is 0.468 e. The second-order valence-electron chi connectivity index (χ2n) is 6.56. The summed E-state index contributed by atoms with van der Waals surface area (Å²) in [4.78, 5) is 14.8. The number of hydrogen-bond donors (Lipinski definition) is 2. The van der Waals surface area contributed by atoms with Crippen LogP contribution in [-0.2, 0) is 16.6 Å². The summed E-state index contributed by atoms with van der Waals surface area (Å²) in [5, 5.41) is 2.95. The molecule has 0 spiro atoms. The zero-order valence-electron chi connectivity index (χ0n) is 15.3. The van der Waals surface area contributed by atoms with Crippen molar-refractivity contribution in [1.29, 1.82) is 0 Å². The van der Waals surface area contributed by atoms with Crippen molar-refractivity contribution in [3.8, 4) is 0 Å². The highest BCUT2D eigenvalue weighted by Gasteiger charge is 2.23. The summed E-state index contributed by atoms with van der Waals surface area (Å²) >= 11 is 0. The van der Waals surface area contributed by atoms with Gasteiger partial charge in [0.15, 0.2) is 0 Å². The van der Waals surface area contributed by atoms with Crippen molar-refractivity contribution in [2.75, 3.05) is 19.6 Å². The molecule has 2 N–H and O–H groups in total. The lowest BCUT2D eigenvalue weighted by atomic mass is 10.2. The minimum absolute atomic E-state index is 0.0763. The van der Waals surface area contributed by atoms with Crippen molar-refractivity contribution in [2.24, 2.45) is 0 Å². The molecule has 27 heavy (non-hydrogen) atoms. The molecule has 2 aromatic rings. The van der Waals surface area contributed by atoms with Crippen molar-refractivity contribution in [1.82, 2.24) is 14.9 Å². The van der Waals surface area contributed by atoms with Gasteiger partial charge in [-0.1, -0.05) is 6.92 Å². The van der Waals surface area contributed by atoms with Crippen molar-refractivity contribution in [3.63, 3.8) is 0 Å². The number of carbonyl (C=O) groups excluding carboxylic acids is 1. The Morgan fingerprint density at radius 3 is 2.70 bits per heavy atom. The predicted molar refractivity (Wildman–Crippen MR) is 102 cm³/mol. The number of nitrogens with one attached hydrogen (secondary N) is 2. The van der Waals surface area contributed by atoms with E-state index in [4.69, 9.17) is 4.42 Å². The van der Waals surface area contributed by atoms with Crippen LogP contribution in [0.3, 0.4) is 0 Å². The fourth-order valence-corrected chi connectivity index (χ4v) is 4.30. The zero-order chi connectivity index (χ0) is 19.3. The van der Waals surface area contributed by atoms with E-state index in [1.807, 2.05) is 0 Å². The van der Waals surface area contributed by atoms with Gasteiger partial charge in [0.25, 0.3) is 5.91 Å². The van der Waals surface area contributed by atoms with Crippen LogP contribution in [0.2, 0.25) is 0 Å². The number of sulfonamides is 1. The van der Waals surface area contributed by atoms with Crippen LogP contribution >= 0.6 is 0 Å². The molecule has 3 rings (SSSR count). The van der Waals surface area contributed by atoms with Crippen molar-refractivity contribution < 1.29 is 17.6 Å². The second-order valence-corrected chi connectivity index (χ2v) is 8.33. The Morgan fingerprint density at radius 1 is 1.26 bits per heavy atom. The molecule has 0 radical (unpaired) electrons. The molecule has 0 saturated carbocycles.